The monoisotopic (exact) mass is 298 g/mol. The molecule has 0 saturated carbocycles. The summed E-state index contributed by atoms with van der Waals surface area (Å²) in [6.07, 6.45) is 0. The summed E-state index contributed by atoms with van der Waals surface area (Å²) >= 11 is 5.79. The first kappa shape index (κ1) is 16.8. The molecular weight excluding hydrogens is 276 g/mol. The van der Waals surface area contributed by atoms with Crippen molar-refractivity contribution in [2.45, 2.75) is 26.8 Å². The fraction of sp³-hybridized carbons (Fsp3) is 0.533. The van der Waals surface area contributed by atoms with Crippen molar-refractivity contribution in [3.63, 3.8) is 0 Å². The van der Waals surface area contributed by atoms with E-state index >= 15 is 0 Å². The number of amides is 1. The van der Waals surface area contributed by atoms with Gasteiger partial charge in [-0.2, -0.15) is 0 Å². The van der Waals surface area contributed by atoms with Crippen LogP contribution in [0.15, 0.2) is 24.3 Å². The number of hydrogen-bond acceptors (Lipinski definition) is 3. The highest BCUT2D eigenvalue weighted by molar-refractivity contribution is 6.30. The van der Waals surface area contributed by atoms with Gasteiger partial charge in [0.15, 0.2) is 0 Å². The summed E-state index contributed by atoms with van der Waals surface area (Å²) in [6, 6.07) is 6.61. The lowest BCUT2D eigenvalue weighted by atomic mass is 9.86. The highest BCUT2D eigenvalue weighted by atomic mass is 35.5. The Hall–Kier alpha value is -1.26. The average Bonchev–Trinajstić information content (AvgIpc) is 2.38. The predicted molar refractivity (Wildman–Crippen MR) is 82.0 cm³/mol. The maximum absolute atomic E-state index is 12.1. The average molecular weight is 299 g/mol. The third kappa shape index (κ3) is 5.02. The van der Waals surface area contributed by atoms with Crippen molar-refractivity contribution < 1.29 is 9.53 Å². The van der Waals surface area contributed by atoms with Crippen molar-refractivity contribution in [3.05, 3.63) is 29.3 Å². The minimum absolute atomic E-state index is 0.0720. The van der Waals surface area contributed by atoms with Gasteiger partial charge in [-0.1, -0.05) is 32.4 Å². The van der Waals surface area contributed by atoms with E-state index < -0.39 is 6.04 Å². The number of rotatable bonds is 5. The molecule has 0 aliphatic rings. The van der Waals surface area contributed by atoms with Crippen LogP contribution >= 0.6 is 11.6 Å². The highest BCUT2D eigenvalue weighted by Gasteiger charge is 2.29. The molecule has 0 aliphatic heterocycles. The van der Waals surface area contributed by atoms with Crippen LogP contribution in [0.2, 0.25) is 5.02 Å². The number of likely N-dealkylation sites (N-methyl/N-ethyl adjacent to an activating group) is 1. The zero-order chi connectivity index (χ0) is 15.3. The Bertz CT molecular complexity index is 440. The molecule has 0 heterocycles. The van der Waals surface area contributed by atoms with Crippen molar-refractivity contribution in [1.29, 1.82) is 0 Å². The summed E-state index contributed by atoms with van der Waals surface area (Å²) in [5.41, 5.74) is 5.70. The van der Waals surface area contributed by atoms with Crippen LogP contribution in [0.5, 0.6) is 5.75 Å². The van der Waals surface area contributed by atoms with Gasteiger partial charge in [-0.3, -0.25) is 4.79 Å². The zero-order valence-electron chi connectivity index (χ0n) is 12.5. The summed E-state index contributed by atoms with van der Waals surface area (Å²) in [7, 11) is 1.74. The van der Waals surface area contributed by atoms with Crippen LogP contribution in [0.3, 0.4) is 0 Å². The van der Waals surface area contributed by atoms with Crippen LogP contribution in [0, 0.1) is 5.41 Å². The van der Waals surface area contributed by atoms with Crippen molar-refractivity contribution in [2.24, 2.45) is 11.1 Å². The van der Waals surface area contributed by atoms with Gasteiger partial charge in [-0.05, 0) is 29.7 Å². The van der Waals surface area contributed by atoms with E-state index in [0.29, 0.717) is 18.2 Å². The number of carbonyl (C=O) groups is 1. The minimum Gasteiger partial charge on any atom is -0.492 e. The van der Waals surface area contributed by atoms with Crippen molar-refractivity contribution >= 4 is 17.5 Å². The number of ether oxygens (including phenoxy) is 1. The Labute approximate surface area is 125 Å². The molecule has 2 N–H and O–H groups in total. The van der Waals surface area contributed by atoms with E-state index in [2.05, 4.69) is 0 Å². The molecule has 1 atom stereocenters. The molecule has 0 bridgehead atoms. The molecule has 0 saturated heterocycles. The molecule has 0 radical (unpaired) electrons. The Kier molecular flexibility index (Phi) is 5.84. The molecule has 1 aromatic rings. The lowest BCUT2D eigenvalue weighted by molar-refractivity contribution is -0.133. The molecule has 4 nitrogen and oxygen atoms in total. The fourth-order valence-electron chi connectivity index (χ4n) is 1.55. The first-order valence-electron chi connectivity index (χ1n) is 6.61. The smallest absolute Gasteiger partial charge is 0.239 e. The molecule has 20 heavy (non-hydrogen) atoms. The second-order valence-electron chi connectivity index (χ2n) is 5.91. The van der Waals surface area contributed by atoms with Crippen LogP contribution in [-0.4, -0.2) is 37.0 Å². The van der Waals surface area contributed by atoms with Crippen molar-refractivity contribution in [2.75, 3.05) is 20.2 Å². The largest absolute Gasteiger partial charge is 0.492 e. The van der Waals surface area contributed by atoms with Gasteiger partial charge in [0, 0.05) is 12.1 Å². The number of carbonyl (C=O) groups excluding carboxylic acids is 1. The van der Waals surface area contributed by atoms with Gasteiger partial charge < -0.3 is 15.4 Å². The number of halogens is 1. The number of benzene rings is 1. The molecule has 1 amide bonds. The summed E-state index contributed by atoms with van der Waals surface area (Å²) in [5, 5.41) is 0.667. The Morgan fingerprint density at radius 3 is 2.40 bits per heavy atom. The van der Waals surface area contributed by atoms with Gasteiger partial charge in [-0.25, -0.2) is 0 Å². The maximum atomic E-state index is 12.1. The molecule has 0 spiro atoms. The van der Waals surface area contributed by atoms with E-state index in [1.54, 1.807) is 36.2 Å². The molecule has 112 valence electrons. The van der Waals surface area contributed by atoms with Crippen molar-refractivity contribution in [3.8, 4) is 5.75 Å². The van der Waals surface area contributed by atoms with Crippen LogP contribution < -0.4 is 10.5 Å². The molecule has 5 heteroatoms. The lowest BCUT2D eigenvalue weighted by Gasteiger charge is -2.29. The summed E-state index contributed by atoms with van der Waals surface area (Å²) < 4.78 is 5.55. The van der Waals surface area contributed by atoms with Gasteiger partial charge in [0.2, 0.25) is 5.91 Å². The van der Waals surface area contributed by atoms with E-state index in [4.69, 9.17) is 22.1 Å². The standard InChI is InChI=1S/C15H23ClN2O2/c1-15(2,3)13(17)14(19)18(4)9-10-20-12-7-5-11(16)6-8-12/h5-8,13H,9-10,17H2,1-4H3/t13-/m1/s1. The van der Waals surface area contributed by atoms with E-state index in [-0.39, 0.29) is 11.3 Å². The second kappa shape index (κ2) is 6.95. The molecule has 0 fully saturated rings. The topological polar surface area (TPSA) is 55.6 Å². The molecule has 1 aromatic carbocycles. The molecule has 0 aromatic heterocycles. The number of nitrogens with two attached hydrogens (primary N) is 1. The summed E-state index contributed by atoms with van der Waals surface area (Å²) in [6.45, 7) is 6.76. The van der Waals surface area contributed by atoms with Gasteiger partial charge >= 0.3 is 0 Å². The highest BCUT2D eigenvalue weighted by Crippen LogP contribution is 2.19. The second-order valence-corrected chi connectivity index (χ2v) is 6.34. The number of hydrogen-bond donors (Lipinski definition) is 1. The van der Waals surface area contributed by atoms with E-state index in [1.807, 2.05) is 20.8 Å². The van der Waals surface area contributed by atoms with E-state index in [1.165, 1.54) is 0 Å². The third-order valence-electron chi connectivity index (χ3n) is 3.08. The van der Waals surface area contributed by atoms with Crippen LogP contribution in [0.25, 0.3) is 0 Å². The summed E-state index contributed by atoms with van der Waals surface area (Å²) in [4.78, 5) is 13.7. The van der Waals surface area contributed by atoms with Gasteiger partial charge in [0.05, 0.1) is 12.6 Å². The lowest BCUT2D eigenvalue weighted by Crippen LogP contribution is -2.49. The molecule has 0 unspecified atom stereocenters. The molecular formula is C15H23ClN2O2. The van der Waals surface area contributed by atoms with Crippen LogP contribution in [0.4, 0.5) is 0 Å². The fourth-order valence-corrected chi connectivity index (χ4v) is 1.68. The SMILES string of the molecule is CN(CCOc1ccc(Cl)cc1)C(=O)[C@@H](N)C(C)(C)C. The van der Waals surface area contributed by atoms with E-state index in [0.717, 1.165) is 5.75 Å². The van der Waals surface area contributed by atoms with Gasteiger partial charge in [0.25, 0.3) is 0 Å². The maximum Gasteiger partial charge on any atom is 0.239 e. The van der Waals surface area contributed by atoms with Gasteiger partial charge in [0.1, 0.15) is 12.4 Å². The quantitative estimate of drug-likeness (QED) is 0.909. The van der Waals surface area contributed by atoms with Crippen LogP contribution in [-0.2, 0) is 4.79 Å². The molecule has 1 rings (SSSR count). The Morgan fingerprint density at radius 1 is 1.35 bits per heavy atom. The van der Waals surface area contributed by atoms with Gasteiger partial charge in [-0.15, -0.1) is 0 Å². The summed E-state index contributed by atoms with van der Waals surface area (Å²) in [5.74, 6) is 0.660. The molecule has 0 aliphatic carbocycles. The first-order valence-corrected chi connectivity index (χ1v) is 6.98. The Morgan fingerprint density at radius 2 is 1.90 bits per heavy atom. The normalized spacial score (nSPS) is 12.9. The third-order valence-corrected chi connectivity index (χ3v) is 3.34. The zero-order valence-corrected chi connectivity index (χ0v) is 13.3. The van der Waals surface area contributed by atoms with E-state index in [9.17, 15) is 4.79 Å². The number of nitrogens with zero attached hydrogens (tertiary/aromatic N) is 1. The minimum atomic E-state index is -0.511. The Balaban J connectivity index is 2.41. The van der Waals surface area contributed by atoms with Crippen LogP contribution in [0.1, 0.15) is 20.8 Å². The predicted octanol–water partition coefficient (Wildman–Crippen LogP) is 2.55. The first-order chi connectivity index (χ1) is 9.21. The van der Waals surface area contributed by atoms with Crippen molar-refractivity contribution in [1.82, 2.24) is 4.90 Å².